The van der Waals surface area contributed by atoms with E-state index in [1.807, 2.05) is 0 Å². The van der Waals surface area contributed by atoms with Gasteiger partial charge in [0.05, 0.1) is 0 Å². The van der Waals surface area contributed by atoms with Crippen molar-refractivity contribution in [3.8, 4) is 0 Å². The van der Waals surface area contributed by atoms with Crippen LogP contribution in [0.3, 0.4) is 0 Å². The molecule has 0 aromatic carbocycles. The second-order valence-corrected chi connectivity index (χ2v) is 19.7. The monoisotopic (exact) mass is 665 g/mol. The van der Waals surface area contributed by atoms with Crippen molar-refractivity contribution < 1.29 is 0 Å². The first-order valence-corrected chi connectivity index (χ1v) is 19.1. The van der Waals surface area contributed by atoms with E-state index in [0.717, 1.165) is 12.1 Å². The van der Waals surface area contributed by atoms with Crippen LogP contribution in [0.25, 0.3) is 0 Å². The Bertz CT molecular complexity index is 875. The van der Waals surface area contributed by atoms with Crippen molar-refractivity contribution in [1.29, 1.82) is 0 Å². The summed E-state index contributed by atoms with van der Waals surface area (Å²) in [6.45, 7) is 47.0. The van der Waals surface area contributed by atoms with Crippen molar-refractivity contribution >= 4 is 0 Å². The van der Waals surface area contributed by atoms with Gasteiger partial charge in [0.1, 0.15) is 0 Å². The van der Waals surface area contributed by atoms with Crippen molar-refractivity contribution in [2.45, 2.75) is 150 Å². The summed E-state index contributed by atoms with van der Waals surface area (Å²) in [6, 6.07) is 3.08. The number of likely N-dealkylation sites (N-methyl/N-ethyl adjacent to an activating group) is 4. The molecule has 0 spiro atoms. The largest absolute Gasteiger partial charge is 0.304 e. The van der Waals surface area contributed by atoms with Gasteiger partial charge in [-0.2, -0.15) is 0 Å². The molecule has 0 saturated carbocycles. The fraction of sp³-hybridized carbons (Fsp3) is 1.00. The molecule has 8 heteroatoms. The molecule has 0 aliphatic carbocycles. The Balaban J connectivity index is 0.000000218. The molecule has 0 radical (unpaired) electrons. The summed E-state index contributed by atoms with van der Waals surface area (Å²) < 4.78 is 0. The number of fused-ring (bicyclic) bond motifs is 2. The second-order valence-electron chi connectivity index (χ2n) is 19.7. The van der Waals surface area contributed by atoms with Crippen LogP contribution in [-0.4, -0.2) is 192 Å². The van der Waals surface area contributed by atoms with E-state index in [-0.39, 0.29) is 0 Å². The molecule has 5 aliphatic heterocycles. The zero-order valence-electron chi connectivity index (χ0n) is 35.1. The first-order chi connectivity index (χ1) is 21.3. The lowest BCUT2D eigenvalue weighted by Gasteiger charge is -2.45. The Morgan fingerprint density at radius 1 is 0.383 bits per heavy atom. The smallest absolute Gasteiger partial charge is 0.0244 e. The molecule has 5 rings (SSSR count). The van der Waals surface area contributed by atoms with E-state index >= 15 is 0 Å². The maximum atomic E-state index is 2.66. The minimum absolute atomic E-state index is 0.334. The molecule has 47 heavy (non-hydrogen) atoms. The highest BCUT2D eigenvalue weighted by Gasteiger charge is 2.45. The van der Waals surface area contributed by atoms with E-state index < -0.39 is 0 Å². The quantitative estimate of drug-likeness (QED) is 0.355. The fourth-order valence-electron chi connectivity index (χ4n) is 7.96. The third-order valence-electron chi connectivity index (χ3n) is 11.4. The molecule has 0 aromatic rings. The van der Waals surface area contributed by atoms with Crippen LogP contribution in [0.1, 0.15) is 103 Å². The van der Waals surface area contributed by atoms with E-state index in [2.05, 4.69) is 164 Å². The lowest BCUT2D eigenvalue weighted by molar-refractivity contribution is 0.0275. The fourth-order valence-corrected chi connectivity index (χ4v) is 7.96. The van der Waals surface area contributed by atoms with Gasteiger partial charge in [-0.15, -0.1) is 0 Å². The minimum atomic E-state index is 0.334. The summed E-state index contributed by atoms with van der Waals surface area (Å²) in [6.07, 6.45) is 1.40. The number of likely N-dealkylation sites (tertiary alicyclic amines) is 2. The maximum Gasteiger partial charge on any atom is 0.0244 e. The summed E-state index contributed by atoms with van der Waals surface area (Å²) in [5.74, 6) is 0. The van der Waals surface area contributed by atoms with Crippen molar-refractivity contribution in [2.75, 3.05) is 107 Å². The first kappa shape index (κ1) is 42.8. The number of nitrogens with zero attached hydrogens (tertiary/aromatic N) is 8. The highest BCUT2D eigenvalue weighted by atomic mass is 15.4. The number of rotatable bonds is 0. The number of piperazine rings is 4. The van der Waals surface area contributed by atoms with Crippen molar-refractivity contribution in [3.05, 3.63) is 0 Å². The molecule has 0 aromatic heterocycles. The van der Waals surface area contributed by atoms with Gasteiger partial charge in [-0.05, 0) is 132 Å². The molecule has 5 saturated heterocycles. The predicted octanol–water partition coefficient (Wildman–Crippen LogP) is 5.05. The Hall–Kier alpha value is -0.320. The highest BCUT2D eigenvalue weighted by molar-refractivity contribution is 5.02. The van der Waals surface area contributed by atoms with Gasteiger partial charge in [0, 0.05) is 125 Å². The van der Waals surface area contributed by atoms with Crippen LogP contribution in [0, 0.1) is 0 Å². The summed E-state index contributed by atoms with van der Waals surface area (Å²) in [4.78, 5) is 20.1. The molecule has 4 unspecified atom stereocenters. The van der Waals surface area contributed by atoms with Crippen LogP contribution in [0.4, 0.5) is 0 Å². The SMILES string of the molecule is CC1CN(C(C)(C)C)CCN1C.CC1CN(C)CCN1C(C)(C)C.CN1CC2CC1CN2C(C)(C)C.CN1CCN(C(C)(C)C)CC1. The molecule has 0 N–H and O–H groups in total. The molecule has 5 fully saturated rings. The summed E-state index contributed by atoms with van der Waals surface area (Å²) in [5, 5.41) is 0. The predicted molar refractivity (Wildman–Crippen MR) is 207 cm³/mol. The van der Waals surface area contributed by atoms with Gasteiger partial charge in [-0.3, -0.25) is 19.6 Å². The van der Waals surface area contributed by atoms with Crippen molar-refractivity contribution in [1.82, 2.24) is 39.2 Å². The lowest BCUT2D eigenvalue weighted by Crippen LogP contribution is -2.57. The van der Waals surface area contributed by atoms with E-state index in [0.29, 0.717) is 34.2 Å². The molecular formula is C39H84N8. The third kappa shape index (κ3) is 13.7. The maximum absolute atomic E-state index is 2.66. The Morgan fingerprint density at radius 2 is 0.872 bits per heavy atom. The molecule has 0 amide bonds. The van der Waals surface area contributed by atoms with Gasteiger partial charge >= 0.3 is 0 Å². The summed E-state index contributed by atoms with van der Waals surface area (Å²) >= 11 is 0. The van der Waals surface area contributed by atoms with E-state index in [4.69, 9.17) is 0 Å². The highest BCUT2D eigenvalue weighted by Crippen LogP contribution is 2.34. The second kappa shape index (κ2) is 17.3. The first-order valence-electron chi connectivity index (χ1n) is 19.1. The molecule has 5 heterocycles. The van der Waals surface area contributed by atoms with Crippen LogP contribution in [0.15, 0.2) is 0 Å². The van der Waals surface area contributed by atoms with Crippen LogP contribution < -0.4 is 0 Å². The van der Waals surface area contributed by atoms with Crippen LogP contribution in [0.2, 0.25) is 0 Å². The molecular weight excluding hydrogens is 580 g/mol. The Labute approximate surface area is 295 Å². The normalized spacial score (nSPS) is 30.3. The number of hydrogen-bond donors (Lipinski definition) is 0. The molecule has 280 valence electrons. The minimum Gasteiger partial charge on any atom is -0.304 e. The molecule has 4 atom stereocenters. The van der Waals surface area contributed by atoms with Gasteiger partial charge in [-0.25, -0.2) is 0 Å². The molecule has 5 aliphatic rings. The zero-order valence-corrected chi connectivity index (χ0v) is 35.1. The van der Waals surface area contributed by atoms with Crippen LogP contribution >= 0.6 is 0 Å². The molecule has 2 bridgehead atoms. The van der Waals surface area contributed by atoms with Gasteiger partial charge in [0.2, 0.25) is 0 Å². The van der Waals surface area contributed by atoms with Gasteiger partial charge in [-0.1, -0.05) is 0 Å². The van der Waals surface area contributed by atoms with E-state index in [9.17, 15) is 0 Å². The Kier molecular flexibility index (Phi) is 15.7. The average molecular weight is 665 g/mol. The van der Waals surface area contributed by atoms with Gasteiger partial charge < -0.3 is 19.6 Å². The third-order valence-corrected chi connectivity index (χ3v) is 11.4. The summed E-state index contributed by atoms with van der Waals surface area (Å²) in [5.41, 5.74) is 1.41. The number of hydrogen-bond acceptors (Lipinski definition) is 8. The topological polar surface area (TPSA) is 25.9 Å². The van der Waals surface area contributed by atoms with Crippen molar-refractivity contribution in [2.24, 2.45) is 0 Å². The van der Waals surface area contributed by atoms with Gasteiger partial charge in [0.15, 0.2) is 0 Å². The van der Waals surface area contributed by atoms with E-state index in [1.165, 1.54) is 85.0 Å². The van der Waals surface area contributed by atoms with Crippen molar-refractivity contribution in [3.63, 3.8) is 0 Å². The van der Waals surface area contributed by atoms with Crippen LogP contribution in [-0.2, 0) is 0 Å². The standard InChI is InChI=1S/C10H20N2.2C10H22N2.C9H20N2/c1-10(2,3)12-7-8-5-9(12)6-11(8)4;1-9-8-12(10(2,3)4)7-6-11(9)5;1-9-8-11(5)6-7-12(9)10(2,3)4;1-9(2,3)11-7-5-10(4)6-8-11/h8-9H,5-7H2,1-4H3;2*9H,6-8H2,1-5H3;5-8H2,1-4H3. The van der Waals surface area contributed by atoms with Gasteiger partial charge in [0.25, 0.3) is 0 Å². The average Bonchev–Trinajstić information content (AvgIpc) is 3.50. The molecule has 8 nitrogen and oxygen atoms in total. The lowest BCUT2D eigenvalue weighted by atomic mass is 10.0. The summed E-state index contributed by atoms with van der Waals surface area (Å²) in [7, 11) is 8.87. The zero-order chi connectivity index (χ0) is 36.1. The van der Waals surface area contributed by atoms with E-state index in [1.54, 1.807) is 0 Å². The Morgan fingerprint density at radius 3 is 1.26 bits per heavy atom. The van der Waals surface area contributed by atoms with Crippen LogP contribution in [0.5, 0.6) is 0 Å².